The number of ether oxygens (including phenoxy) is 1. The number of hydrogen-bond donors (Lipinski definition) is 0. The minimum Gasteiger partial charge on any atom is -0.460 e. The molecule has 0 fully saturated rings. The Morgan fingerprint density at radius 1 is 1.41 bits per heavy atom. The predicted octanol–water partition coefficient (Wildman–Crippen LogP) is 2.11. The highest BCUT2D eigenvalue weighted by Crippen LogP contribution is 2.14. The van der Waals surface area contributed by atoms with Crippen LogP contribution in [-0.4, -0.2) is 12.6 Å². The lowest BCUT2D eigenvalue weighted by molar-refractivity contribution is 0.0490. The first-order valence-electron chi connectivity index (χ1n) is 5.02. The van der Waals surface area contributed by atoms with Crippen molar-refractivity contribution in [2.45, 2.75) is 6.92 Å². The number of rotatable bonds is 2. The van der Waals surface area contributed by atoms with E-state index in [2.05, 4.69) is 0 Å². The lowest BCUT2D eigenvalue weighted by Gasteiger charge is -2.02. The fourth-order valence-electron chi connectivity index (χ4n) is 1.43. The molecule has 88 valence electrons. The zero-order valence-corrected chi connectivity index (χ0v) is 9.03. The molecule has 2 aromatic rings. The van der Waals surface area contributed by atoms with E-state index in [9.17, 15) is 14.0 Å². The number of benzene rings is 1. The maximum Gasteiger partial charge on any atom is 0.374 e. The van der Waals surface area contributed by atoms with Gasteiger partial charge in [0.1, 0.15) is 11.4 Å². The van der Waals surface area contributed by atoms with E-state index in [0.717, 1.165) is 18.2 Å². The van der Waals surface area contributed by atoms with Crippen molar-refractivity contribution in [3.8, 4) is 0 Å². The molecule has 0 unspecified atom stereocenters. The maximum absolute atomic E-state index is 12.9. The minimum atomic E-state index is -0.712. The predicted molar refractivity (Wildman–Crippen MR) is 58.4 cm³/mol. The molecule has 1 aromatic carbocycles. The highest BCUT2D eigenvalue weighted by Gasteiger charge is 2.13. The number of fused-ring (bicyclic) bond motifs is 1. The van der Waals surface area contributed by atoms with Gasteiger partial charge < -0.3 is 9.15 Å². The molecule has 0 bridgehead atoms. The lowest BCUT2D eigenvalue weighted by Crippen LogP contribution is -2.10. The van der Waals surface area contributed by atoms with Crippen LogP contribution < -0.4 is 5.43 Å². The molecule has 0 aliphatic rings. The van der Waals surface area contributed by atoms with E-state index in [-0.39, 0.29) is 23.3 Å². The molecule has 1 heterocycles. The molecular weight excluding hydrogens is 227 g/mol. The van der Waals surface area contributed by atoms with Crippen LogP contribution in [0.5, 0.6) is 0 Å². The molecule has 0 atom stereocenters. The summed E-state index contributed by atoms with van der Waals surface area (Å²) in [5, 5.41) is 0.0954. The van der Waals surface area contributed by atoms with Gasteiger partial charge in [-0.05, 0) is 25.1 Å². The Morgan fingerprint density at radius 3 is 2.88 bits per heavy atom. The summed E-state index contributed by atoms with van der Waals surface area (Å²) in [5.74, 6) is -1.43. The zero-order chi connectivity index (χ0) is 12.4. The van der Waals surface area contributed by atoms with Crippen LogP contribution in [0.1, 0.15) is 17.5 Å². The number of halogens is 1. The van der Waals surface area contributed by atoms with Gasteiger partial charge in [0.15, 0.2) is 5.43 Å². The lowest BCUT2D eigenvalue weighted by atomic mass is 10.2. The Morgan fingerprint density at radius 2 is 2.18 bits per heavy atom. The van der Waals surface area contributed by atoms with Crippen LogP contribution in [0.25, 0.3) is 11.0 Å². The van der Waals surface area contributed by atoms with Gasteiger partial charge in [-0.3, -0.25) is 4.79 Å². The van der Waals surface area contributed by atoms with E-state index >= 15 is 0 Å². The van der Waals surface area contributed by atoms with Crippen LogP contribution in [0.15, 0.2) is 33.5 Å². The first-order chi connectivity index (χ1) is 8.11. The number of hydrogen-bond acceptors (Lipinski definition) is 4. The van der Waals surface area contributed by atoms with Crippen LogP contribution in [0.2, 0.25) is 0 Å². The van der Waals surface area contributed by atoms with Gasteiger partial charge >= 0.3 is 5.97 Å². The van der Waals surface area contributed by atoms with E-state index in [1.54, 1.807) is 6.92 Å². The molecule has 0 saturated carbocycles. The van der Waals surface area contributed by atoms with Crippen molar-refractivity contribution in [1.82, 2.24) is 0 Å². The highest BCUT2D eigenvalue weighted by molar-refractivity contribution is 5.88. The molecule has 2 rings (SSSR count). The molecule has 0 saturated heterocycles. The summed E-state index contributed by atoms with van der Waals surface area (Å²) < 4.78 is 22.8. The summed E-state index contributed by atoms with van der Waals surface area (Å²) in [7, 11) is 0. The number of carbonyl (C=O) groups is 1. The van der Waals surface area contributed by atoms with Gasteiger partial charge in [0, 0.05) is 6.07 Å². The van der Waals surface area contributed by atoms with Crippen molar-refractivity contribution < 1.29 is 18.3 Å². The quantitative estimate of drug-likeness (QED) is 0.749. The Hall–Kier alpha value is -2.17. The van der Waals surface area contributed by atoms with E-state index in [1.165, 1.54) is 6.07 Å². The molecule has 0 amide bonds. The monoisotopic (exact) mass is 236 g/mol. The van der Waals surface area contributed by atoms with Gasteiger partial charge in [0.05, 0.1) is 12.0 Å². The molecule has 5 heteroatoms. The summed E-state index contributed by atoms with van der Waals surface area (Å²) in [5.41, 5.74) is -0.323. The topological polar surface area (TPSA) is 56.5 Å². The second-order valence-corrected chi connectivity index (χ2v) is 3.34. The molecule has 4 nitrogen and oxygen atoms in total. The van der Waals surface area contributed by atoms with E-state index in [0.29, 0.717) is 0 Å². The largest absolute Gasteiger partial charge is 0.460 e. The normalized spacial score (nSPS) is 10.5. The molecular formula is C12H9FO4. The summed E-state index contributed by atoms with van der Waals surface area (Å²) >= 11 is 0. The van der Waals surface area contributed by atoms with Crippen LogP contribution >= 0.6 is 0 Å². The average molecular weight is 236 g/mol. The Kier molecular flexibility index (Phi) is 2.91. The average Bonchev–Trinajstić information content (AvgIpc) is 2.30. The Balaban J connectivity index is 2.60. The third kappa shape index (κ3) is 2.18. The molecule has 0 spiro atoms. The zero-order valence-electron chi connectivity index (χ0n) is 9.03. The van der Waals surface area contributed by atoms with Crippen LogP contribution in [0.4, 0.5) is 4.39 Å². The minimum absolute atomic E-state index is 0.0954. The molecule has 0 aliphatic heterocycles. The third-order valence-electron chi connectivity index (χ3n) is 2.17. The smallest absolute Gasteiger partial charge is 0.374 e. The Bertz CT molecular complexity index is 630. The molecule has 1 aromatic heterocycles. The first-order valence-corrected chi connectivity index (χ1v) is 5.02. The van der Waals surface area contributed by atoms with E-state index < -0.39 is 17.2 Å². The second-order valence-electron chi connectivity index (χ2n) is 3.34. The summed E-state index contributed by atoms with van der Waals surface area (Å²) in [6, 6.07) is 4.52. The number of esters is 1. The molecule has 0 radical (unpaired) electrons. The van der Waals surface area contributed by atoms with Crippen molar-refractivity contribution >= 4 is 16.9 Å². The standard InChI is InChI=1S/C12H9FO4/c1-2-16-12(15)11-6-9(14)8-5-7(13)3-4-10(8)17-11/h3-6H,2H2,1H3. The van der Waals surface area contributed by atoms with Crippen molar-refractivity contribution in [2.75, 3.05) is 6.61 Å². The SMILES string of the molecule is CCOC(=O)c1cc(=O)c2cc(F)ccc2o1. The van der Waals surface area contributed by atoms with Gasteiger partial charge in [-0.25, -0.2) is 9.18 Å². The maximum atomic E-state index is 12.9. The van der Waals surface area contributed by atoms with Crippen molar-refractivity contribution in [1.29, 1.82) is 0 Å². The highest BCUT2D eigenvalue weighted by atomic mass is 19.1. The van der Waals surface area contributed by atoms with Crippen LogP contribution in [0.3, 0.4) is 0 Å². The summed E-state index contributed by atoms with van der Waals surface area (Å²) in [4.78, 5) is 23.0. The fourth-order valence-corrected chi connectivity index (χ4v) is 1.43. The Labute approximate surface area is 95.6 Å². The van der Waals surface area contributed by atoms with Gasteiger partial charge in [-0.2, -0.15) is 0 Å². The van der Waals surface area contributed by atoms with Crippen LogP contribution in [0, 0.1) is 5.82 Å². The second kappa shape index (κ2) is 4.37. The summed E-state index contributed by atoms with van der Waals surface area (Å²) in [6.07, 6.45) is 0. The third-order valence-corrected chi connectivity index (χ3v) is 2.17. The first kappa shape index (κ1) is 11.3. The van der Waals surface area contributed by atoms with E-state index in [4.69, 9.17) is 9.15 Å². The van der Waals surface area contributed by atoms with Crippen molar-refractivity contribution in [3.05, 3.63) is 46.1 Å². The molecule has 0 N–H and O–H groups in total. The van der Waals surface area contributed by atoms with E-state index in [1.807, 2.05) is 0 Å². The number of carbonyl (C=O) groups excluding carboxylic acids is 1. The molecule has 0 aliphatic carbocycles. The van der Waals surface area contributed by atoms with Crippen LogP contribution in [-0.2, 0) is 4.74 Å². The fraction of sp³-hybridized carbons (Fsp3) is 0.167. The molecule has 17 heavy (non-hydrogen) atoms. The van der Waals surface area contributed by atoms with Crippen molar-refractivity contribution in [3.63, 3.8) is 0 Å². The van der Waals surface area contributed by atoms with Gasteiger partial charge in [-0.1, -0.05) is 0 Å². The van der Waals surface area contributed by atoms with Gasteiger partial charge in [0.2, 0.25) is 5.76 Å². The van der Waals surface area contributed by atoms with Gasteiger partial charge in [0.25, 0.3) is 0 Å². The summed E-state index contributed by atoms with van der Waals surface area (Å²) in [6.45, 7) is 1.83. The van der Waals surface area contributed by atoms with Crippen molar-refractivity contribution in [2.24, 2.45) is 0 Å². The van der Waals surface area contributed by atoms with Gasteiger partial charge in [-0.15, -0.1) is 0 Å².